The van der Waals surface area contributed by atoms with Crippen LogP contribution in [0.25, 0.3) is 0 Å². The van der Waals surface area contributed by atoms with E-state index in [1.807, 2.05) is 0 Å². The minimum atomic E-state index is 0.881. The van der Waals surface area contributed by atoms with E-state index < -0.39 is 0 Å². The molecule has 1 aromatic rings. The van der Waals surface area contributed by atoms with Gasteiger partial charge in [0.25, 0.3) is 0 Å². The monoisotopic (exact) mass is 215 g/mol. The lowest BCUT2D eigenvalue weighted by Crippen LogP contribution is -2.26. The van der Waals surface area contributed by atoms with E-state index in [-0.39, 0.29) is 0 Å². The second-order valence-corrected chi connectivity index (χ2v) is 5.45. The van der Waals surface area contributed by atoms with E-state index in [0.29, 0.717) is 0 Å². The smallest absolute Gasteiger partial charge is 0.0205 e. The van der Waals surface area contributed by atoms with Crippen molar-refractivity contribution in [2.24, 2.45) is 5.92 Å². The summed E-state index contributed by atoms with van der Waals surface area (Å²) >= 11 is 0. The van der Waals surface area contributed by atoms with Crippen molar-refractivity contribution in [1.29, 1.82) is 0 Å². The fraction of sp³-hybridized carbons (Fsp3) is 0.600. The predicted molar refractivity (Wildman–Crippen MR) is 67.5 cm³/mol. The Kier molecular flexibility index (Phi) is 2.96. The molecule has 0 radical (unpaired) electrons. The molecule has 0 amide bonds. The van der Waals surface area contributed by atoms with Crippen LogP contribution in [0.15, 0.2) is 24.3 Å². The fourth-order valence-corrected chi connectivity index (χ4v) is 2.49. The van der Waals surface area contributed by atoms with E-state index in [1.165, 1.54) is 44.2 Å². The lowest BCUT2D eigenvalue weighted by Gasteiger charge is -2.25. The van der Waals surface area contributed by atoms with Gasteiger partial charge in [-0.05, 0) is 55.2 Å². The summed E-state index contributed by atoms with van der Waals surface area (Å²) in [7, 11) is 0. The highest BCUT2D eigenvalue weighted by molar-refractivity contribution is 5.29. The summed E-state index contributed by atoms with van der Waals surface area (Å²) in [6, 6.07) is 9.15. The van der Waals surface area contributed by atoms with E-state index in [1.54, 1.807) is 5.56 Å². The third-order valence-corrected chi connectivity index (χ3v) is 3.99. The van der Waals surface area contributed by atoms with Crippen molar-refractivity contribution in [2.45, 2.75) is 44.6 Å². The van der Waals surface area contributed by atoms with E-state index in [0.717, 1.165) is 18.4 Å². The molecular formula is C15H21N. The highest BCUT2D eigenvalue weighted by atomic mass is 14.9. The molecule has 0 unspecified atom stereocenters. The average Bonchev–Trinajstić information content (AvgIpc) is 3.06. The summed E-state index contributed by atoms with van der Waals surface area (Å²) < 4.78 is 0. The van der Waals surface area contributed by atoms with Crippen LogP contribution >= 0.6 is 0 Å². The standard InChI is InChI=1S/C15H21N/c1-3-12(4-1)10-16-11-13-5-2-6-15(9-13)14-7-8-14/h2,5-6,9,12,14,16H,1,3-4,7-8,10-11H2. The Morgan fingerprint density at radius 1 is 1.12 bits per heavy atom. The van der Waals surface area contributed by atoms with Crippen molar-refractivity contribution in [3.63, 3.8) is 0 Å². The van der Waals surface area contributed by atoms with Crippen molar-refractivity contribution in [2.75, 3.05) is 6.54 Å². The summed E-state index contributed by atoms with van der Waals surface area (Å²) in [5, 5.41) is 3.59. The first kappa shape index (κ1) is 10.3. The molecule has 0 saturated heterocycles. The van der Waals surface area contributed by atoms with Gasteiger partial charge in [-0.15, -0.1) is 0 Å². The van der Waals surface area contributed by atoms with E-state index >= 15 is 0 Å². The van der Waals surface area contributed by atoms with Crippen LogP contribution in [0.2, 0.25) is 0 Å². The topological polar surface area (TPSA) is 12.0 Å². The van der Waals surface area contributed by atoms with Crippen LogP contribution in [0.1, 0.15) is 49.1 Å². The maximum absolute atomic E-state index is 3.59. The zero-order valence-corrected chi connectivity index (χ0v) is 9.91. The zero-order valence-electron chi connectivity index (χ0n) is 9.91. The molecule has 86 valence electrons. The average molecular weight is 215 g/mol. The molecule has 16 heavy (non-hydrogen) atoms. The van der Waals surface area contributed by atoms with Crippen molar-refractivity contribution in [1.82, 2.24) is 5.32 Å². The summed E-state index contributed by atoms with van der Waals surface area (Å²) in [5.74, 6) is 1.85. The zero-order chi connectivity index (χ0) is 10.8. The maximum Gasteiger partial charge on any atom is 0.0205 e. The van der Waals surface area contributed by atoms with Crippen LogP contribution in [-0.4, -0.2) is 6.54 Å². The van der Waals surface area contributed by atoms with Crippen molar-refractivity contribution in [3.8, 4) is 0 Å². The minimum Gasteiger partial charge on any atom is -0.312 e. The molecule has 3 rings (SSSR count). The summed E-state index contributed by atoms with van der Waals surface area (Å²) in [6.45, 7) is 2.27. The molecule has 1 nitrogen and oxygen atoms in total. The van der Waals surface area contributed by atoms with Gasteiger partial charge in [0.1, 0.15) is 0 Å². The van der Waals surface area contributed by atoms with Gasteiger partial charge in [-0.25, -0.2) is 0 Å². The molecule has 0 heterocycles. The third-order valence-electron chi connectivity index (χ3n) is 3.99. The SMILES string of the molecule is c1cc(CNCC2CCC2)cc(C2CC2)c1. The quantitative estimate of drug-likeness (QED) is 0.793. The molecule has 0 aliphatic heterocycles. The molecule has 1 aromatic carbocycles. The van der Waals surface area contributed by atoms with E-state index in [2.05, 4.69) is 29.6 Å². The molecule has 2 aliphatic rings. The van der Waals surface area contributed by atoms with Crippen LogP contribution in [0.4, 0.5) is 0 Å². The van der Waals surface area contributed by atoms with Gasteiger partial charge in [-0.1, -0.05) is 30.7 Å². The first-order valence-electron chi connectivity index (χ1n) is 6.71. The first-order chi connectivity index (χ1) is 7.92. The van der Waals surface area contributed by atoms with Gasteiger partial charge in [0.05, 0.1) is 0 Å². The third kappa shape index (κ3) is 2.46. The van der Waals surface area contributed by atoms with Gasteiger partial charge in [-0.3, -0.25) is 0 Å². The molecular weight excluding hydrogens is 194 g/mol. The molecule has 2 fully saturated rings. The highest BCUT2D eigenvalue weighted by Gasteiger charge is 2.23. The Labute approximate surface area is 98.3 Å². The first-order valence-corrected chi connectivity index (χ1v) is 6.71. The molecule has 0 atom stereocenters. The fourth-order valence-electron chi connectivity index (χ4n) is 2.49. The maximum atomic E-state index is 3.59. The van der Waals surface area contributed by atoms with Crippen LogP contribution in [-0.2, 0) is 6.54 Å². The number of nitrogens with one attached hydrogen (secondary N) is 1. The lowest BCUT2D eigenvalue weighted by molar-refractivity contribution is 0.301. The largest absolute Gasteiger partial charge is 0.312 e. The molecule has 0 aromatic heterocycles. The lowest BCUT2D eigenvalue weighted by atomic mass is 9.85. The van der Waals surface area contributed by atoms with E-state index in [9.17, 15) is 0 Å². The van der Waals surface area contributed by atoms with Gasteiger partial charge in [0.2, 0.25) is 0 Å². The summed E-state index contributed by atoms with van der Waals surface area (Å²) in [4.78, 5) is 0. The van der Waals surface area contributed by atoms with Crippen LogP contribution < -0.4 is 5.32 Å². The highest BCUT2D eigenvalue weighted by Crippen LogP contribution is 2.40. The molecule has 2 saturated carbocycles. The van der Waals surface area contributed by atoms with Crippen LogP contribution in [0.3, 0.4) is 0 Å². The minimum absolute atomic E-state index is 0.881. The number of hydrogen-bond acceptors (Lipinski definition) is 1. The van der Waals surface area contributed by atoms with Gasteiger partial charge >= 0.3 is 0 Å². The predicted octanol–water partition coefficient (Wildman–Crippen LogP) is 3.45. The van der Waals surface area contributed by atoms with Gasteiger partial charge in [-0.2, -0.15) is 0 Å². The Morgan fingerprint density at radius 3 is 2.69 bits per heavy atom. The van der Waals surface area contributed by atoms with E-state index in [4.69, 9.17) is 0 Å². The van der Waals surface area contributed by atoms with Crippen LogP contribution in [0.5, 0.6) is 0 Å². The summed E-state index contributed by atoms with van der Waals surface area (Å²) in [5.41, 5.74) is 3.02. The number of hydrogen-bond donors (Lipinski definition) is 1. The summed E-state index contributed by atoms with van der Waals surface area (Å²) in [6.07, 6.45) is 7.13. The molecule has 0 bridgehead atoms. The molecule has 1 heteroatoms. The molecule has 2 aliphatic carbocycles. The Balaban J connectivity index is 1.50. The van der Waals surface area contributed by atoms with Gasteiger partial charge < -0.3 is 5.32 Å². The van der Waals surface area contributed by atoms with Crippen LogP contribution in [0, 0.1) is 5.92 Å². The second kappa shape index (κ2) is 4.58. The molecule has 0 spiro atoms. The second-order valence-electron chi connectivity index (χ2n) is 5.45. The van der Waals surface area contributed by atoms with Crippen molar-refractivity contribution < 1.29 is 0 Å². The number of benzene rings is 1. The van der Waals surface area contributed by atoms with Crippen molar-refractivity contribution >= 4 is 0 Å². The Hall–Kier alpha value is -0.820. The molecule has 1 N–H and O–H groups in total. The van der Waals surface area contributed by atoms with Gasteiger partial charge in [0, 0.05) is 6.54 Å². The Morgan fingerprint density at radius 2 is 2.00 bits per heavy atom. The normalized spacial score (nSPS) is 20.8. The van der Waals surface area contributed by atoms with Crippen molar-refractivity contribution in [3.05, 3.63) is 35.4 Å². The van der Waals surface area contributed by atoms with Gasteiger partial charge in [0.15, 0.2) is 0 Å². The number of rotatable bonds is 5. The Bertz CT molecular complexity index is 350.